The van der Waals surface area contributed by atoms with Crippen molar-refractivity contribution in [1.29, 1.82) is 0 Å². The van der Waals surface area contributed by atoms with E-state index in [1.807, 2.05) is 6.07 Å². The molecule has 13 heavy (non-hydrogen) atoms. The van der Waals surface area contributed by atoms with Crippen molar-refractivity contribution in [2.75, 3.05) is 0 Å². The summed E-state index contributed by atoms with van der Waals surface area (Å²) in [4.78, 5) is 0. The van der Waals surface area contributed by atoms with Crippen molar-refractivity contribution in [2.24, 2.45) is 0 Å². The van der Waals surface area contributed by atoms with Crippen molar-refractivity contribution in [1.82, 2.24) is 0 Å². The van der Waals surface area contributed by atoms with E-state index in [1.54, 1.807) is 0 Å². The van der Waals surface area contributed by atoms with Crippen LogP contribution in [0, 0.1) is 13.8 Å². The Bertz CT molecular complexity index is 278. The van der Waals surface area contributed by atoms with E-state index in [0.717, 1.165) is 18.4 Å². The van der Waals surface area contributed by atoms with Crippen molar-refractivity contribution in [3.8, 4) is 0 Å². The molecule has 72 valence electrons. The van der Waals surface area contributed by atoms with Gasteiger partial charge < -0.3 is 5.11 Å². The second kappa shape index (κ2) is 4.43. The highest BCUT2D eigenvalue weighted by atomic mass is 16.3. The quantitative estimate of drug-likeness (QED) is 0.754. The molecule has 0 aromatic heterocycles. The van der Waals surface area contributed by atoms with Gasteiger partial charge in [-0.05, 0) is 37.0 Å². The summed E-state index contributed by atoms with van der Waals surface area (Å²) >= 11 is 0. The Kier molecular flexibility index (Phi) is 3.49. The van der Waals surface area contributed by atoms with Gasteiger partial charge in [0.25, 0.3) is 0 Å². The summed E-state index contributed by atoms with van der Waals surface area (Å²) in [6.07, 6.45) is 1.58. The summed E-state index contributed by atoms with van der Waals surface area (Å²) in [5, 5.41) is 9.74. The molecule has 0 saturated heterocycles. The van der Waals surface area contributed by atoms with Crippen LogP contribution >= 0.6 is 0 Å². The minimum absolute atomic E-state index is 0.288. The van der Waals surface area contributed by atoms with Crippen LogP contribution in [0.3, 0.4) is 0 Å². The Morgan fingerprint density at radius 1 is 1.23 bits per heavy atom. The van der Waals surface area contributed by atoms with Crippen LogP contribution in [0.15, 0.2) is 18.2 Å². The second-order valence-electron chi connectivity index (χ2n) is 3.65. The molecule has 0 amide bonds. The van der Waals surface area contributed by atoms with Crippen LogP contribution in [0.4, 0.5) is 0 Å². The van der Waals surface area contributed by atoms with Gasteiger partial charge in [0.1, 0.15) is 0 Å². The number of aryl methyl sites for hydroxylation is 2. The predicted molar refractivity (Wildman–Crippen MR) is 55.8 cm³/mol. The van der Waals surface area contributed by atoms with Crippen LogP contribution in [0.25, 0.3) is 0 Å². The fraction of sp³-hybridized carbons (Fsp3) is 0.500. The molecular weight excluding hydrogens is 160 g/mol. The van der Waals surface area contributed by atoms with E-state index in [2.05, 4.69) is 32.9 Å². The van der Waals surface area contributed by atoms with E-state index in [1.165, 1.54) is 11.1 Å². The number of hydrogen-bond acceptors (Lipinski definition) is 1. The maximum atomic E-state index is 9.74. The lowest BCUT2D eigenvalue weighted by Crippen LogP contribution is -1.97. The zero-order chi connectivity index (χ0) is 9.84. The number of aliphatic hydroxyl groups is 1. The van der Waals surface area contributed by atoms with Crippen molar-refractivity contribution < 1.29 is 5.11 Å². The third-order valence-corrected chi connectivity index (χ3v) is 2.48. The largest absolute Gasteiger partial charge is 0.388 e. The van der Waals surface area contributed by atoms with Gasteiger partial charge in [0.05, 0.1) is 6.10 Å². The fourth-order valence-electron chi connectivity index (χ4n) is 1.41. The first kappa shape index (κ1) is 10.3. The van der Waals surface area contributed by atoms with E-state index in [0.29, 0.717) is 0 Å². The van der Waals surface area contributed by atoms with Gasteiger partial charge in [-0.3, -0.25) is 0 Å². The summed E-state index contributed by atoms with van der Waals surface area (Å²) in [5.74, 6) is 0. The Labute approximate surface area is 80.4 Å². The van der Waals surface area contributed by atoms with Crippen LogP contribution in [0.2, 0.25) is 0 Å². The van der Waals surface area contributed by atoms with Crippen LogP contribution in [-0.4, -0.2) is 5.11 Å². The molecule has 0 heterocycles. The van der Waals surface area contributed by atoms with Crippen molar-refractivity contribution in [3.05, 3.63) is 34.9 Å². The molecule has 0 aliphatic heterocycles. The van der Waals surface area contributed by atoms with E-state index >= 15 is 0 Å². The SMILES string of the molecule is CCC[C@H](O)c1ccc(C)c(C)c1. The average Bonchev–Trinajstić information content (AvgIpc) is 2.10. The molecule has 1 aromatic rings. The van der Waals surface area contributed by atoms with Crippen LogP contribution < -0.4 is 0 Å². The number of hydrogen-bond donors (Lipinski definition) is 1. The predicted octanol–water partition coefficient (Wildman–Crippen LogP) is 3.14. The molecule has 1 rings (SSSR count). The molecule has 1 aromatic carbocycles. The molecule has 1 heteroatoms. The molecule has 0 spiro atoms. The van der Waals surface area contributed by atoms with E-state index in [9.17, 15) is 5.11 Å². The molecular formula is C12H18O. The molecule has 0 aliphatic carbocycles. The lowest BCUT2D eigenvalue weighted by Gasteiger charge is -2.11. The van der Waals surface area contributed by atoms with E-state index < -0.39 is 0 Å². The van der Waals surface area contributed by atoms with Crippen molar-refractivity contribution in [3.63, 3.8) is 0 Å². The molecule has 0 bridgehead atoms. The first-order valence-electron chi connectivity index (χ1n) is 4.90. The highest BCUT2D eigenvalue weighted by molar-refractivity contribution is 5.30. The van der Waals surface area contributed by atoms with Crippen LogP contribution in [0.5, 0.6) is 0 Å². The zero-order valence-corrected chi connectivity index (χ0v) is 8.67. The Hall–Kier alpha value is -0.820. The minimum Gasteiger partial charge on any atom is -0.388 e. The third-order valence-electron chi connectivity index (χ3n) is 2.48. The van der Waals surface area contributed by atoms with Gasteiger partial charge in [-0.15, -0.1) is 0 Å². The number of benzene rings is 1. The highest BCUT2D eigenvalue weighted by Crippen LogP contribution is 2.20. The van der Waals surface area contributed by atoms with Crippen LogP contribution in [-0.2, 0) is 0 Å². The monoisotopic (exact) mass is 178 g/mol. The third kappa shape index (κ3) is 2.56. The normalized spacial score (nSPS) is 12.9. The molecule has 0 saturated carbocycles. The maximum absolute atomic E-state index is 9.74. The first-order chi connectivity index (χ1) is 6.15. The van der Waals surface area contributed by atoms with Gasteiger partial charge in [0.2, 0.25) is 0 Å². The molecule has 1 atom stereocenters. The smallest absolute Gasteiger partial charge is 0.0790 e. The summed E-state index contributed by atoms with van der Waals surface area (Å²) in [6, 6.07) is 6.17. The average molecular weight is 178 g/mol. The lowest BCUT2D eigenvalue weighted by atomic mass is 10.0. The van der Waals surface area contributed by atoms with Gasteiger partial charge in [-0.2, -0.15) is 0 Å². The fourth-order valence-corrected chi connectivity index (χ4v) is 1.41. The molecule has 0 radical (unpaired) electrons. The molecule has 1 nitrogen and oxygen atoms in total. The van der Waals surface area contributed by atoms with Gasteiger partial charge in [-0.25, -0.2) is 0 Å². The Morgan fingerprint density at radius 3 is 2.46 bits per heavy atom. The van der Waals surface area contributed by atoms with E-state index in [4.69, 9.17) is 0 Å². The summed E-state index contributed by atoms with van der Waals surface area (Å²) < 4.78 is 0. The topological polar surface area (TPSA) is 20.2 Å². The van der Waals surface area contributed by atoms with Gasteiger partial charge in [-0.1, -0.05) is 31.5 Å². The Morgan fingerprint density at radius 2 is 1.92 bits per heavy atom. The van der Waals surface area contributed by atoms with E-state index in [-0.39, 0.29) is 6.10 Å². The van der Waals surface area contributed by atoms with Crippen molar-refractivity contribution >= 4 is 0 Å². The van der Waals surface area contributed by atoms with Gasteiger partial charge in [0.15, 0.2) is 0 Å². The molecule has 0 aliphatic rings. The summed E-state index contributed by atoms with van der Waals surface area (Å²) in [5.41, 5.74) is 3.59. The maximum Gasteiger partial charge on any atom is 0.0790 e. The second-order valence-corrected chi connectivity index (χ2v) is 3.65. The van der Waals surface area contributed by atoms with Crippen LogP contribution in [0.1, 0.15) is 42.6 Å². The highest BCUT2D eigenvalue weighted by Gasteiger charge is 2.06. The standard InChI is InChI=1S/C12H18O/c1-4-5-12(13)11-7-6-9(2)10(3)8-11/h6-8,12-13H,4-5H2,1-3H3/t12-/m0/s1. The zero-order valence-electron chi connectivity index (χ0n) is 8.67. The number of aliphatic hydroxyl groups excluding tert-OH is 1. The lowest BCUT2D eigenvalue weighted by molar-refractivity contribution is 0.166. The first-order valence-corrected chi connectivity index (χ1v) is 4.90. The molecule has 1 N–H and O–H groups in total. The van der Waals surface area contributed by atoms with Crippen molar-refractivity contribution in [2.45, 2.75) is 39.7 Å². The Balaban J connectivity index is 2.84. The van der Waals surface area contributed by atoms with Gasteiger partial charge >= 0.3 is 0 Å². The molecule has 0 unspecified atom stereocenters. The molecule has 0 fully saturated rings. The van der Waals surface area contributed by atoms with Gasteiger partial charge in [0, 0.05) is 0 Å². The summed E-state index contributed by atoms with van der Waals surface area (Å²) in [6.45, 7) is 6.26. The number of rotatable bonds is 3. The summed E-state index contributed by atoms with van der Waals surface area (Å²) in [7, 11) is 0. The minimum atomic E-state index is -0.288.